The number of carboxylic acid groups (broad SMARTS) is 1. The fourth-order valence-electron chi connectivity index (χ4n) is 6.31. The van der Waals surface area contributed by atoms with Gasteiger partial charge in [0, 0.05) is 49.1 Å². The Bertz CT molecular complexity index is 1550. The van der Waals surface area contributed by atoms with Gasteiger partial charge in [-0.05, 0) is 63.1 Å². The second-order valence-electron chi connectivity index (χ2n) is 11.4. The van der Waals surface area contributed by atoms with E-state index in [1.54, 1.807) is 31.9 Å². The van der Waals surface area contributed by atoms with E-state index >= 15 is 0 Å². The van der Waals surface area contributed by atoms with Gasteiger partial charge in [0.25, 0.3) is 0 Å². The monoisotopic (exact) mass is 617 g/mol. The van der Waals surface area contributed by atoms with Crippen LogP contribution in [0.25, 0.3) is 10.9 Å². The molecule has 1 saturated carbocycles. The molecule has 0 bridgehead atoms. The van der Waals surface area contributed by atoms with Crippen molar-refractivity contribution in [2.24, 2.45) is 5.92 Å². The minimum Gasteiger partial charge on any atom is -0.496 e. The van der Waals surface area contributed by atoms with Crippen LogP contribution >= 0.6 is 0 Å². The highest BCUT2D eigenvalue weighted by Crippen LogP contribution is 2.43. The molecule has 1 aliphatic heterocycles. The fraction of sp³-hybridized carbons (Fsp3) is 0.484. The number of rotatable bonds is 6. The van der Waals surface area contributed by atoms with Crippen LogP contribution in [0.15, 0.2) is 30.3 Å². The van der Waals surface area contributed by atoms with Crippen molar-refractivity contribution in [2.45, 2.75) is 57.7 Å². The molecule has 9 nitrogen and oxygen atoms in total. The van der Waals surface area contributed by atoms with Crippen LogP contribution in [0.1, 0.15) is 67.1 Å². The zero-order valence-electron chi connectivity index (χ0n) is 24.7. The number of hydrogen-bond acceptors (Lipinski definition) is 6. The molecule has 13 heteroatoms. The van der Waals surface area contributed by atoms with E-state index in [2.05, 4.69) is 15.3 Å². The normalized spacial score (nSPS) is 20.0. The lowest BCUT2D eigenvalue weighted by molar-refractivity contribution is -0.140. The molecule has 1 aromatic heterocycles. The fourth-order valence-corrected chi connectivity index (χ4v) is 6.31. The summed E-state index contributed by atoms with van der Waals surface area (Å²) in [6, 6.07) is 6.11. The van der Waals surface area contributed by atoms with E-state index in [-0.39, 0.29) is 23.3 Å². The Morgan fingerprint density at radius 1 is 1.05 bits per heavy atom. The number of carbonyl (C=O) groups is 2. The number of ether oxygens (including phenoxy) is 1. The number of methoxy groups -OCH3 is 1. The molecule has 2 aromatic carbocycles. The highest BCUT2D eigenvalue weighted by Gasteiger charge is 2.36. The molecule has 44 heavy (non-hydrogen) atoms. The Hall–Kier alpha value is -4.16. The molecule has 0 spiro atoms. The summed E-state index contributed by atoms with van der Waals surface area (Å²) in [5.74, 6) is 0.103. The van der Waals surface area contributed by atoms with Gasteiger partial charge in [-0.3, -0.25) is 4.79 Å². The first-order valence-corrected chi connectivity index (χ1v) is 14.6. The van der Waals surface area contributed by atoms with Gasteiger partial charge in [0.15, 0.2) is 0 Å². The number of aryl methyl sites for hydroxylation is 1. The van der Waals surface area contributed by atoms with Gasteiger partial charge in [-0.2, -0.15) is 13.2 Å². The third-order valence-electron chi connectivity index (χ3n) is 8.69. The van der Waals surface area contributed by atoms with E-state index in [0.717, 1.165) is 24.5 Å². The largest absolute Gasteiger partial charge is 0.496 e. The van der Waals surface area contributed by atoms with E-state index in [0.29, 0.717) is 67.3 Å². The zero-order valence-corrected chi connectivity index (χ0v) is 24.7. The van der Waals surface area contributed by atoms with Gasteiger partial charge in [-0.25, -0.2) is 19.2 Å². The molecule has 2 fully saturated rings. The second-order valence-corrected chi connectivity index (χ2v) is 11.4. The number of alkyl halides is 3. The number of aromatic nitrogens is 2. The predicted octanol–water partition coefficient (Wildman–Crippen LogP) is 6.37. The van der Waals surface area contributed by atoms with Crippen LogP contribution in [-0.4, -0.2) is 70.2 Å². The van der Waals surface area contributed by atoms with Crippen LogP contribution in [0, 0.1) is 18.7 Å². The van der Waals surface area contributed by atoms with Crippen molar-refractivity contribution in [2.75, 3.05) is 38.6 Å². The summed E-state index contributed by atoms with van der Waals surface area (Å²) in [4.78, 5) is 36.5. The Labute approximate surface area is 252 Å². The first-order chi connectivity index (χ1) is 20.9. The highest BCUT2D eigenvalue weighted by molar-refractivity contribution is 5.91. The predicted molar refractivity (Wildman–Crippen MR) is 155 cm³/mol. The number of anilines is 1. The van der Waals surface area contributed by atoms with Gasteiger partial charge < -0.3 is 25.0 Å². The van der Waals surface area contributed by atoms with Crippen molar-refractivity contribution in [3.8, 4) is 5.75 Å². The van der Waals surface area contributed by atoms with Crippen molar-refractivity contribution < 1.29 is 37.0 Å². The van der Waals surface area contributed by atoms with Crippen LogP contribution in [0.5, 0.6) is 5.75 Å². The molecular weight excluding hydrogens is 582 g/mol. The van der Waals surface area contributed by atoms with Crippen LogP contribution < -0.4 is 10.1 Å². The lowest BCUT2D eigenvalue weighted by Crippen LogP contribution is -2.51. The molecule has 5 rings (SSSR count). The SMILES string of the molecule is COc1cc2nc(C)nc(N[C@H](C)c3cccc(C(F)(F)F)c3F)c2cc1C1CCC(C(=O)N2CCN(C(=O)O)CC2)CC1. The average molecular weight is 618 g/mol. The first kappa shape index (κ1) is 31.3. The molecule has 1 aliphatic carbocycles. The number of benzene rings is 2. The van der Waals surface area contributed by atoms with Crippen molar-refractivity contribution in [1.82, 2.24) is 19.8 Å². The van der Waals surface area contributed by atoms with E-state index in [9.17, 15) is 32.3 Å². The quantitative estimate of drug-likeness (QED) is 0.310. The van der Waals surface area contributed by atoms with Crippen molar-refractivity contribution in [3.63, 3.8) is 0 Å². The summed E-state index contributed by atoms with van der Waals surface area (Å²) in [5, 5.41) is 12.9. The molecule has 1 saturated heterocycles. The van der Waals surface area contributed by atoms with Gasteiger partial charge in [0.1, 0.15) is 23.2 Å². The molecule has 3 aromatic rings. The Morgan fingerprint density at radius 3 is 2.32 bits per heavy atom. The zero-order chi connectivity index (χ0) is 31.8. The second kappa shape index (κ2) is 12.4. The average Bonchev–Trinajstić information content (AvgIpc) is 2.99. The van der Waals surface area contributed by atoms with E-state index in [1.807, 2.05) is 6.07 Å². The van der Waals surface area contributed by atoms with Crippen LogP contribution in [-0.2, 0) is 11.0 Å². The van der Waals surface area contributed by atoms with E-state index in [4.69, 9.17) is 4.74 Å². The number of fused-ring (bicyclic) bond motifs is 1. The Morgan fingerprint density at radius 2 is 1.70 bits per heavy atom. The number of halogens is 4. The number of carbonyl (C=O) groups excluding carboxylic acids is 1. The highest BCUT2D eigenvalue weighted by atomic mass is 19.4. The molecule has 1 atom stereocenters. The number of piperazine rings is 1. The molecule has 2 amide bonds. The van der Waals surface area contributed by atoms with Gasteiger partial charge in [-0.1, -0.05) is 12.1 Å². The standard InChI is InChI=1S/C31H35F4N5O4/c1-17(21-5-4-6-24(27(21)32)31(33,34)35)36-28-23-15-22(26(44-3)16-25(23)37-18(2)38-28)19-7-9-20(10-8-19)29(41)39-11-13-40(14-12-39)30(42)43/h4-6,15-17,19-20H,7-14H2,1-3H3,(H,42,43)(H,36,37,38)/t17-,19?,20?/m1/s1. The lowest BCUT2D eigenvalue weighted by Gasteiger charge is -2.37. The molecule has 0 radical (unpaired) electrons. The van der Waals surface area contributed by atoms with E-state index < -0.39 is 29.7 Å². The van der Waals surface area contributed by atoms with Crippen molar-refractivity contribution in [3.05, 3.63) is 58.7 Å². The summed E-state index contributed by atoms with van der Waals surface area (Å²) >= 11 is 0. The molecule has 236 valence electrons. The van der Waals surface area contributed by atoms with Crippen molar-refractivity contribution in [1.29, 1.82) is 0 Å². The maximum atomic E-state index is 14.9. The minimum atomic E-state index is -4.82. The number of hydrogen-bond donors (Lipinski definition) is 2. The van der Waals surface area contributed by atoms with Gasteiger partial charge in [0.2, 0.25) is 5.91 Å². The summed E-state index contributed by atoms with van der Waals surface area (Å²) in [5.41, 5.74) is 0.0254. The molecule has 2 heterocycles. The number of nitrogens with zero attached hydrogens (tertiary/aromatic N) is 4. The molecule has 2 N–H and O–H groups in total. The topological polar surface area (TPSA) is 108 Å². The maximum Gasteiger partial charge on any atom is 0.419 e. The van der Waals surface area contributed by atoms with Gasteiger partial charge in [0.05, 0.1) is 24.2 Å². The molecule has 0 unspecified atom stereocenters. The number of amides is 2. The summed E-state index contributed by atoms with van der Waals surface area (Å²) in [6.45, 7) is 4.67. The minimum absolute atomic E-state index is 0.0603. The smallest absolute Gasteiger partial charge is 0.419 e. The van der Waals surface area contributed by atoms with Crippen LogP contribution in [0.2, 0.25) is 0 Å². The Balaban J connectivity index is 1.36. The third kappa shape index (κ3) is 6.36. The molecule has 2 aliphatic rings. The van der Waals surface area contributed by atoms with Gasteiger partial charge in [-0.15, -0.1) is 0 Å². The maximum absolute atomic E-state index is 14.9. The summed E-state index contributed by atoms with van der Waals surface area (Å²) < 4.78 is 60.7. The van der Waals surface area contributed by atoms with E-state index in [1.165, 1.54) is 17.0 Å². The molecular formula is C31H35F4N5O4. The Kier molecular flexibility index (Phi) is 8.85. The summed E-state index contributed by atoms with van der Waals surface area (Å²) in [6.07, 6.45) is -2.99. The van der Waals surface area contributed by atoms with Crippen molar-refractivity contribution >= 4 is 28.7 Å². The summed E-state index contributed by atoms with van der Waals surface area (Å²) in [7, 11) is 1.57. The first-order valence-electron chi connectivity index (χ1n) is 14.6. The third-order valence-corrected chi connectivity index (χ3v) is 8.69. The number of nitrogens with one attached hydrogen (secondary N) is 1. The lowest BCUT2D eigenvalue weighted by atomic mass is 9.77. The van der Waals surface area contributed by atoms with Crippen LogP contribution in [0.3, 0.4) is 0 Å². The van der Waals surface area contributed by atoms with Crippen LogP contribution in [0.4, 0.5) is 28.2 Å². The van der Waals surface area contributed by atoms with Gasteiger partial charge >= 0.3 is 12.3 Å².